The molecular formula is C17H27N3O. The van der Waals surface area contributed by atoms with Crippen molar-refractivity contribution in [1.82, 2.24) is 5.32 Å². The average Bonchev–Trinajstić information content (AvgIpc) is 2.97. The van der Waals surface area contributed by atoms with E-state index in [-0.39, 0.29) is 5.91 Å². The fourth-order valence-corrected chi connectivity index (χ4v) is 3.17. The average molecular weight is 289 g/mol. The van der Waals surface area contributed by atoms with Gasteiger partial charge in [-0.25, -0.2) is 0 Å². The molecule has 0 heterocycles. The molecule has 0 saturated heterocycles. The maximum Gasteiger partial charge on any atom is 0.253 e. The van der Waals surface area contributed by atoms with Gasteiger partial charge in [-0.1, -0.05) is 26.7 Å². The van der Waals surface area contributed by atoms with Crippen molar-refractivity contribution in [3.8, 4) is 0 Å². The highest BCUT2D eigenvalue weighted by molar-refractivity contribution is 6.00. The molecule has 0 atom stereocenters. The Balaban J connectivity index is 2.41. The molecule has 0 spiro atoms. The van der Waals surface area contributed by atoms with Crippen molar-refractivity contribution in [3.05, 3.63) is 23.8 Å². The molecular weight excluding hydrogens is 262 g/mol. The minimum absolute atomic E-state index is 0.0447. The van der Waals surface area contributed by atoms with Crippen LogP contribution in [0, 0.1) is 5.92 Å². The number of rotatable bonds is 5. The lowest BCUT2D eigenvalue weighted by molar-refractivity contribution is 0.0963. The topological polar surface area (TPSA) is 58.4 Å². The Morgan fingerprint density at radius 1 is 1.38 bits per heavy atom. The summed E-state index contributed by atoms with van der Waals surface area (Å²) in [4.78, 5) is 14.6. The number of anilines is 2. The molecule has 0 aliphatic heterocycles. The van der Waals surface area contributed by atoms with Crippen molar-refractivity contribution in [3.63, 3.8) is 0 Å². The number of benzene rings is 1. The van der Waals surface area contributed by atoms with E-state index in [4.69, 9.17) is 5.73 Å². The second-order valence-electron chi connectivity index (χ2n) is 6.34. The van der Waals surface area contributed by atoms with Crippen LogP contribution in [0.2, 0.25) is 0 Å². The molecule has 4 heteroatoms. The van der Waals surface area contributed by atoms with Crippen LogP contribution in [0.4, 0.5) is 11.4 Å². The van der Waals surface area contributed by atoms with Gasteiger partial charge in [-0.15, -0.1) is 0 Å². The SMILES string of the molecule is CNC(=O)c1ccc(N)cc1N(CC(C)C)C1CCCC1. The van der Waals surface area contributed by atoms with Gasteiger partial charge in [0, 0.05) is 25.3 Å². The summed E-state index contributed by atoms with van der Waals surface area (Å²) < 4.78 is 0. The van der Waals surface area contributed by atoms with E-state index < -0.39 is 0 Å². The minimum Gasteiger partial charge on any atom is -0.399 e. The van der Waals surface area contributed by atoms with Crippen LogP contribution < -0.4 is 16.0 Å². The normalized spacial score (nSPS) is 15.4. The van der Waals surface area contributed by atoms with E-state index in [2.05, 4.69) is 24.1 Å². The van der Waals surface area contributed by atoms with Gasteiger partial charge in [-0.2, -0.15) is 0 Å². The lowest BCUT2D eigenvalue weighted by Crippen LogP contribution is -2.38. The van der Waals surface area contributed by atoms with Crippen LogP contribution >= 0.6 is 0 Å². The van der Waals surface area contributed by atoms with Gasteiger partial charge in [0.2, 0.25) is 0 Å². The zero-order valence-corrected chi connectivity index (χ0v) is 13.4. The number of nitrogen functional groups attached to an aromatic ring is 1. The van der Waals surface area contributed by atoms with E-state index in [0.29, 0.717) is 17.6 Å². The first-order valence-electron chi connectivity index (χ1n) is 7.91. The third-order valence-electron chi connectivity index (χ3n) is 4.13. The molecule has 1 aliphatic carbocycles. The first kappa shape index (κ1) is 15.7. The van der Waals surface area contributed by atoms with Crippen LogP contribution in [0.1, 0.15) is 49.9 Å². The number of nitrogens with one attached hydrogen (secondary N) is 1. The lowest BCUT2D eigenvalue weighted by atomic mass is 10.0. The molecule has 0 aromatic heterocycles. The summed E-state index contributed by atoms with van der Waals surface area (Å²) in [5.41, 5.74) is 8.39. The van der Waals surface area contributed by atoms with Crippen LogP contribution in [0.25, 0.3) is 0 Å². The Morgan fingerprint density at radius 2 is 2.05 bits per heavy atom. The second-order valence-corrected chi connectivity index (χ2v) is 6.34. The smallest absolute Gasteiger partial charge is 0.253 e. The van der Waals surface area contributed by atoms with Crippen LogP contribution in [-0.4, -0.2) is 25.5 Å². The van der Waals surface area contributed by atoms with Crippen molar-refractivity contribution in [2.45, 2.75) is 45.6 Å². The molecule has 2 rings (SSSR count). The number of hydrogen-bond acceptors (Lipinski definition) is 3. The summed E-state index contributed by atoms with van der Waals surface area (Å²) in [5.74, 6) is 0.501. The van der Waals surface area contributed by atoms with Gasteiger partial charge in [0.25, 0.3) is 5.91 Å². The molecule has 116 valence electrons. The standard InChI is InChI=1S/C17H27N3O/c1-12(2)11-20(14-6-4-5-7-14)16-10-13(18)8-9-15(16)17(21)19-3/h8-10,12,14H,4-7,11,18H2,1-3H3,(H,19,21). The summed E-state index contributed by atoms with van der Waals surface area (Å²) in [5, 5.41) is 2.73. The van der Waals surface area contributed by atoms with Gasteiger partial charge in [0.1, 0.15) is 0 Å². The third-order valence-corrected chi connectivity index (χ3v) is 4.13. The lowest BCUT2D eigenvalue weighted by Gasteiger charge is -2.34. The predicted molar refractivity (Wildman–Crippen MR) is 88.7 cm³/mol. The zero-order chi connectivity index (χ0) is 15.4. The summed E-state index contributed by atoms with van der Waals surface area (Å²) in [6.45, 7) is 5.39. The molecule has 1 amide bonds. The second kappa shape index (κ2) is 6.83. The van der Waals surface area contributed by atoms with Crippen LogP contribution in [0.15, 0.2) is 18.2 Å². The predicted octanol–water partition coefficient (Wildman–Crippen LogP) is 3.03. The van der Waals surface area contributed by atoms with E-state index >= 15 is 0 Å². The number of carbonyl (C=O) groups is 1. The quantitative estimate of drug-likeness (QED) is 0.819. The molecule has 1 saturated carbocycles. The summed E-state index contributed by atoms with van der Waals surface area (Å²) >= 11 is 0. The van der Waals surface area contributed by atoms with Crippen molar-refractivity contribution < 1.29 is 4.79 Å². The van der Waals surface area contributed by atoms with Crippen molar-refractivity contribution in [2.24, 2.45) is 5.92 Å². The fourth-order valence-electron chi connectivity index (χ4n) is 3.17. The number of hydrogen-bond donors (Lipinski definition) is 2. The number of carbonyl (C=O) groups excluding carboxylic acids is 1. The molecule has 1 aliphatic rings. The van der Waals surface area contributed by atoms with Crippen LogP contribution in [0.3, 0.4) is 0 Å². The van der Waals surface area contributed by atoms with Crippen molar-refractivity contribution in [2.75, 3.05) is 24.2 Å². The Morgan fingerprint density at radius 3 is 2.62 bits per heavy atom. The highest BCUT2D eigenvalue weighted by atomic mass is 16.1. The highest BCUT2D eigenvalue weighted by Gasteiger charge is 2.26. The van der Waals surface area contributed by atoms with Gasteiger partial charge in [-0.3, -0.25) is 4.79 Å². The molecule has 3 N–H and O–H groups in total. The van der Waals surface area contributed by atoms with Crippen molar-refractivity contribution >= 4 is 17.3 Å². The summed E-state index contributed by atoms with van der Waals surface area (Å²) in [7, 11) is 1.67. The maximum atomic E-state index is 12.2. The molecule has 1 fully saturated rings. The fraction of sp³-hybridized carbons (Fsp3) is 0.588. The molecule has 0 bridgehead atoms. The van der Waals surface area contributed by atoms with E-state index in [1.165, 1.54) is 25.7 Å². The van der Waals surface area contributed by atoms with E-state index in [0.717, 1.165) is 17.8 Å². The largest absolute Gasteiger partial charge is 0.399 e. The number of nitrogens with two attached hydrogens (primary N) is 1. The van der Waals surface area contributed by atoms with E-state index in [1.807, 2.05) is 12.1 Å². The van der Waals surface area contributed by atoms with Gasteiger partial charge in [0.15, 0.2) is 0 Å². The highest BCUT2D eigenvalue weighted by Crippen LogP contribution is 2.32. The zero-order valence-electron chi connectivity index (χ0n) is 13.4. The minimum atomic E-state index is -0.0447. The molecule has 21 heavy (non-hydrogen) atoms. The Labute approximate surface area is 127 Å². The molecule has 1 aromatic carbocycles. The van der Waals surface area contributed by atoms with Gasteiger partial charge < -0.3 is 16.0 Å². The Bertz CT molecular complexity index is 493. The molecule has 0 radical (unpaired) electrons. The Hall–Kier alpha value is -1.71. The molecule has 4 nitrogen and oxygen atoms in total. The first-order chi connectivity index (χ1) is 10.0. The van der Waals surface area contributed by atoms with Gasteiger partial charge in [-0.05, 0) is 37.0 Å². The number of nitrogens with zero attached hydrogens (tertiary/aromatic N) is 1. The first-order valence-corrected chi connectivity index (χ1v) is 7.91. The van der Waals surface area contributed by atoms with E-state index in [9.17, 15) is 4.79 Å². The number of amides is 1. The molecule has 1 aromatic rings. The maximum absolute atomic E-state index is 12.2. The summed E-state index contributed by atoms with van der Waals surface area (Å²) in [6, 6.07) is 6.12. The third kappa shape index (κ3) is 3.69. The van der Waals surface area contributed by atoms with Gasteiger partial charge >= 0.3 is 0 Å². The van der Waals surface area contributed by atoms with Crippen LogP contribution in [0.5, 0.6) is 0 Å². The van der Waals surface area contributed by atoms with Crippen molar-refractivity contribution in [1.29, 1.82) is 0 Å². The Kier molecular flexibility index (Phi) is 5.10. The van der Waals surface area contributed by atoms with E-state index in [1.54, 1.807) is 13.1 Å². The molecule has 0 unspecified atom stereocenters. The van der Waals surface area contributed by atoms with Crippen LogP contribution in [-0.2, 0) is 0 Å². The van der Waals surface area contributed by atoms with Gasteiger partial charge in [0.05, 0.1) is 11.3 Å². The summed E-state index contributed by atoms with van der Waals surface area (Å²) in [6.07, 6.45) is 4.96. The monoisotopic (exact) mass is 289 g/mol.